The Hall–Kier alpha value is -5.55. The van der Waals surface area contributed by atoms with Gasteiger partial charge in [-0.2, -0.15) is 0 Å². The Morgan fingerprint density at radius 2 is 1.40 bits per heavy atom. The third-order valence-corrected chi connectivity index (χ3v) is 12.9. The minimum Gasteiger partial charge on any atom is -0.445 e. The molecule has 17 heteroatoms. The van der Waals surface area contributed by atoms with Crippen LogP contribution in [0.1, 0.15) is 126 Å². The van der Waals surface area contributed by atoms with Crippen molar-refractivity contribution in [3.05, 3.63) is 65.7 Å². The highest BCUT2D eigenvalue weighted by Crippen LogP contribution is 2.29. The Morgan fingerprint density at radius 3 is 1.93 bits per heavy atom. The van der Waals surface area contributed by atoms with Crippen molar-refractivity contribution in [2.45, 2.75) is 164 Å². The second-order valence-corrected chi connectivity index (χ2v) is 19.6. The third kappa shape index (κ3) is 22.1. The van der Waals surface area contributed by atoms with Gasteiger partial charge in [-0.25, -0.2) is 4.79 Å². The standard InChI is InChI=1S/C47H71N7O10.C5H12.C3H8/c1-11-31(4)43(38(62-9)25-40(57)54-23-15-18-37(54)44(63-10)33(6)45(59)50-32(5)24-34-16-13-12-14-17-34)52(7)41(58)27-49-46(60)42(30(2)3)53(8)47(61)64-28-35-19-21-36(22-20-35)51-39(56)26-48-29-55;1-4-5(2)3;1-3-2/h12-14,16-17,19-22,29-33,37-38,42-44H,11,15,18,23-28H2,1-10H3,(H,48,55)(H,49,60)(H,50,59)(H,51,56);5H,4H2,1-3H3;3H2,1-2H3/t31-,32+,33?,37?,38?,42?,43?,44+;;/m0../s1. The molecule has 4 N–H and O–H groups in total. The number of likely N-dealkylation sites (tertiary alicyclic amines) is 1. The smallest absolute Gasteiger partial charge is 0.410 e. The average molecular weight is 1010 g/mol. The van der Waals surface area contributed by atoms with Crippen LogP contribution < -0.4 is 21.3 Å². The summed E-state index contributed by atoms with van der Waals surface area (Å²) < 4.78 is 17.4. The number of benzene rings is 2. The predicted molar refractivity (Wildman–Crippen MR) is 284 cm³/mol. The van der Waals surface area contributed by atoms with E-state index in [-0.39, 0.29) is 61.9 Å². The molecule has 1 aliphatic heterocycles. The first-order chi connectivity index (χ1) is 34.1. The summed E-state index contributed by atoms with van der Waals surface area (Å²) in [4.78, 5) is 95.0. The van der Waals surface area contributed by atoms with E-state index in [1.807, 2.05) is 58.0 Å². The van der Waals surface area contributed by atoms with Gasteiger partial charge in [0.05, 0.1) is 49.7 Å². The Labute approximate surface area is 431 Å². The number of carbonyl (C=O) groups excluding carboxylic acids is 7. The number of likely N-dealkylation sites (N-methyl/N-ethyl adjacent to an activating group) is 2. The molecule has 17 nitrogen and oxygen atoms in total. The predicted octanol–water partition coefficient (Wildman–Crippen LogP) is 7.22. The van der Waals surface area contributed by atoms with Gasteiger partial charge < -0.3 is 45.3 Å². The van der Waals surface area contributed by atoms with E-state index in [2.05, 4.69) is 55.9 Å². The third-order valence-electron chi connectivity index (χ3n) is 12.9. The highest BCUT2D eigenvalue weighted by Gasteiger charge is 2.42. The summed E-state index contributed by atoms with van der Waals surface area (Å²) in [6.45, 7) is 22.1. The fourth-order valence-electron chi connectivity index (χ4n) is 8.42. The van der Waals surface area contributed by atoms with Crippen LogP contribution in [0.25, 0.3) is 0 Å². The largest absolute Gasteiger partial charge is 0.445 e. The van der Waals surface area contributed by atoms with Crippen molar-refractivity contribution in [1.29, 1.82) is 0 Å². The van der Waals surface area contributed by atoms with Crippen LogP contribution in [0.2, 0.25) is 0 Å². The molecule has 3 rings (SSSR count). The molecule has 8 atom stereocenters. The highest BCUT2D eigenvalue weighted by atomic mass is 16.6. The van der Waals surface area contributed by atoms with Gasteiger partial charge >= 0.3 is 6.09 Å². The van der Waals surface area contributed by atoms with E-state index in [9.17, 15) is 33.6 Å². The molecule has 1 fully saturated rings. The first-order valence-corrected chi connectivity index (χ1v) is 25.8. The van der Waals surface area contributed by atoms with E-state index in [1.165, 1.54) is 36.8 Å². The monoisotopic (exact) mass is 1010 g/mol. The number of nitrogens with zero attached hydrogens (tertiary/aromatic N) is 3. The van der Waals surface area contributed by atoms with E-state index in [4.69, 9.17) is 14.2 Å². The topological polar surface area (TPSA) is 205 Å². The SMILES string of the molecule is CCC.CCC(C)C.CC[C@H](C)C(C(CC(=O)N1CCCC1[C@H](OC)C(C)C(=O)N[C@H](C)Cc1ccccc1)OC)N(C)C(=O)CNC(=O)C(C(C)C)N(C)C(=O)OCc1ccc(NC(=O)CNC=O)cc1. The lowest BCUT2D eigenvalue weighted by Crippen LogP contribution is -2.56. The molecule has 0 aromatic heterocycles. The molecule has 0 bridgehead atoms. The van der Waals surface area contributed by atoms with Gasteiger partial charge in [0.15, 0.2) is 0 Å². The van der Waals surface area contributed by atoms with Gasteiger partial charge in [-0.3, -0.25) is 33.7 Å². The Morgan fingerprint density at radius 1 is 0.792 bits per heavy atom. The molecule has 5 unspecified atom stereocenters. The number of hydrogen-bond donors (Lipinski definition) is 4. The maximum atomic E-state index is 14.2. The number of hydrogen-bond acceptors (Lipinski definition) is 10. The van der Waals surface area contributed by atoms with E-state index in [0.717, 1.165) is 17.9 Å². The number of methoxy groups -OCH3 is 2. The van der Waals surface area contributed by atoms with Crippen LogP contribution in [0.5, 0.6) is 0 Å². The molecular weight excluding hydrogens is 919 g/mol. The quantitative estimate of drug-likeness (QED) is 0.0697. The summed E-state index contributed by atoms with van der Waals surface area (Å²) in [5.41, 5.74) is 2.25. The molecular formula is C55H91N7O10. The Kier molecular flexibility index (Phi) is 31.1. The van der Waals surface area contributed by atoms with E-state index in [1.54, 1.807) is 57.2 Å². The molecule has 1 aliphatic rings. The van der Waals surface area contributed by atoms with Gasteiger partial charge in [-0.05, 0) is 67.2 Å². The number of ether oxygens (including phenoxy) is 3. The van der Waals surface area contributed by atoms with Gasteiger partial charge in [-0.15, -0.1) is 0 Å². The lowest BCUT2D eigenvalue weighted by atomic mass is 9.90. The van der Waals surface area contributed by atoms with Crippen LogP contribution in [-0.2, 0) is 56.0 Å². The molecule has 7 amide bonds. The zero-order chi connectivity index (χ0) is 54.5. The highest BCUT2D eigenvalue weighted by molar-refractivity contribution is 5.93. The van der Waals surface area contributed by atoms with Crippen LogP contribution in [-0.4, -0.2) is 141 Å². The Bertz CT molecular complexity index is 1920. The maximum absolute atomic E-state index is 14.2. The Balaban J connectivity index is 0.00000300. The van der Waals surface area contributed by atoms with Crippen LogP contribution >= 0.6 is 0 Å². The molecule has 2 aromatic carbocycles. The van der Waals surface area contributed by atoms with Gasteiger partial charge in [-0.1, -0.05) is 131 Å². The fourth-order valence-corrected chi connectivity index (χ4v) is 8.42. The molecule has 0 saturated carbocycles. The zero-order valence-corrected chi connectivity index (χ0v) is 46.2. The van der Waals surface area contributed by atoms with Crippen molar-refractivity contribution in [3.63, 3.8) is 0 Å². The summed E-state index contributed by atoms with van der Waals surface area (Å²) in [7, 11) is 6.17. The summed E-state index contributed by atoms with van der Waals surface area (Å²) in [6, 6.07) is 14.6. The number of anilines is 1. The molecule has 0 radical (unpaired) electrons. The summed E-state index contributed by atoms with van der Waals surface area (Å²) in [5.74, 6) is -1.72. The lowest BCUT2D eigenvalue weighted by molar-refractivity contribution is -0.146. The van der Waals surface area contributed by atoms with Gasteiger partial charge in [0.25, 0.3) is 0 Å². The van der Waals surface area contributed by atoms with Crippen LogP contribution in [0.3, 0.4) is 0 Å². The number of amides is 7. The zero-order valence-electron chi connectivity index (χ0n) is 46.2. The van der Waals surface area contributed by atoms with Gasteiger partial charge in [0, 0.05) is 46.6 Å². The van der Waals surface area contributed by atoms with Gasteiger partial charge in [0.1, 0.15) is 12.6 Å². The minimum atomic E-state index is -0.964. The first kappa shape index (κ1) is 64.5. The lowest BCUT2D eigenvalue weighted by Gasteiger charge is -2.39. The minimum absolute atomic E-state index is 0.0136. The normalized spacial score (nSPS) is 15.9. The molecule has 0 spiro atoms. The second kappa shape index (κ2) is 34.8. The molecule has 1 saturated heterocycles. The van der Waals surface area contributed by atoms with Crippen LogP contribution in [0, 0.1) is 23.7 Å². The van der Waals surface area contributed by atoms with Crippen LogP contribution in [0.4, 0.5) is 10.5 Å². The van der Waals surface area contributed by atoms with Crippen molar-refractivity contribution in [1.82, 2.24) is 30.7 Å². The first-order valence-electron chi connectivity index (χ1n) is 25.8. The molecule has 406 valence electrons. The average Bonchev–Trinajstić information content (AvgIpc) is 3.84. The maximum Gasteiger partial charge on any atom is 0.410 e. The molecule has 1 heterocycles. The summed E-state index contributed by atoms with van der Waals surface area (Å²) >= 11 is 0. The molecule has 2 aromatic rings. The number of nitrogens with one attached hydrogen (secondary N) is 4. The van der Waals surface area contributed by atoms with E-state index in [0.29, 0.717) is 43.5 Å². The van der Waals surface area contributed by atoms with Crippen molar-refractivity contribution in [2.24, 2.45) is 23.7 Å². The van der Waals surface area contributed by atoms with Crippen molar-refractivity contribution in [2.75, 3.05) is 53.3 Å². The second-order valence-electron chi connectivity index (χ2n) is 19.6. The van der Waals surface area contributed by atoms with Crippen molar-refractivity contribution >= 4 is 47.7 Å². The van der Waals surface area contributed by atoms with Crippen LogP contribution in [0.15, 0.2) is 54.6 Å². The van der Waals surface area contributed by atoms with E-state index < -0.39 is 54.0 Å². The number of rotatable bonds is 26. The van der Waals surface area contributed by atoms with Crippen molar-refractivity contribution < 1.29 is 47.8 Å². The summed E-state index contributed by atoms with van der Waals surface area (Å²) in [6.07, 6.45) is 3.80. The summed E-state index contributed by atoms with van der Waals surface area (Å²) in [5, 5.41) is 10.7. The molecule has 72 heavy (non-hydrogen) atoms. The molecule has 0 aliphatic carbocycles. The van der Waals surface area contributed by atoms with E-state index >= 15 is 0 Å². The number of carbonyl (C=O) groups is 7. The fraction of sp³-hybridized carbons (Fsp3) is 0.655. The van der Waals surface area contributed by atoms with Gasteiger partial charge in [0.2, 0.25) is 35.9 Å². The van der Waals surface area contributed by atoms with Crippen molar-refractivity contribution in [3.8, 4) is 0 Å².